The molecule has 0 aromatic carbocycles. The van der Waals surface area contributed by atoms with E-state index < -0.39 is 11.9 Å². The molecular formula is C9H16N4O. The van der Waals surface area contributed by atoms with Crippen molar-refractivity contribution in [3.8, 4) is 0 Å². The Hall–Kier alpha value is -1.36. The molecule has 1 aromatic rings. The number of hydrogen-bond donors (Lipinski definition) is 2. The number of nitrogens with two attached hydrogens (primary N) is 2. The third-order valence-electron chi connectivity index (χ3n) is 2.12. The van der Waals surface area contributed by atoms with Gasteiger partial charge in [-0.1, -0.05) is 0 Å². The molecular weight excluding hydrogens is 180 g/mol. The summed E-state index contributed by atoms with van der Waals surface area (Å²) in [5.74, 6) is -0.466. The Bertz CT molecular complexity index is 332. The van der Waals surface area contributed by atoms with Gasteiger partial charge in [-0.2, -0.15) is 5.10 Å². The van der Waals surface area contributed by atoms with E-state index in [0.717, 1.165) is 11.4 Å². The second-order valence-electron chi connectivity index (χ2n) is 3.45. The van der Waals surface area contributed by atoms with Gasteiger partial charge >= 0.3 is 0 Å². The van der Waals surface area contributed by atoms with Crippen molar-refractivity contribution in [3.63, 3.8) is 0 Å². The molecule has 0 radical (unpaired) electrons. The molecule has 1 unspecified atom stereocenters. The van der Waals surface area contributed by atoms with Gasteiger partial charge in [0.2, 0.25) is 5.91 Å². The Morgan fingerprint density at radius 2 is 2.29 bits per heavy atom. The number of rotatable bonds is 4. The minimum Gasteiger partial charge on any atom is -0.368 e. The molecule has 5 nitrogen and oxygen atoms in total. The first-order valence-corrected chi connectivity index (χ1v) is 4.56. The zero-order valence-corrected chi connectivity index (χ0v) is 8.53. The average Bonchev–Trinajstić information content (AvgIpc) is 2.40. The number of amides is 1. The molecule has 1 aromatic heterocycles. The molecule has 0 saturated carbocycles. The van der Waals surface area contributed by atoms with Gasteiger partial charge in [0.15, 0.2) is 0 Å². The van der Waals surface area contributed by atoms with Crippen molar-refractivity contribution in [2.24, 2.45) is 11.5 Å². The molecule has 4 N–H and O–H groups in total. The Morgan fingerprint density at radius 3 is 2.71 bits per heavy atom. The van der Waals surface area contributed by atoms with E-state index in [9.17, 15) is 4.79 Å². The van der Waals surface area contributed by atoms with Crippen LogP contribution in [0, 0.1) is 13.8 Å². The molecule has 1 atom stereocenters. The Kier molecular flexibility index (Phi) is 3.24. The second-order valence-corrected chi connectivity index (χ2v) is 3.45. The molecule has 78 valence electrons. The van der Waals surface area contributed by atoms with Gasteiger partial charge in [-0.3, -0.25) is 9.48 Å². The van der Waals surface area contributed by atoms with Crippen LogP contribution in [0.4, 0.5) is 0 Å². The third-order valence-corrected chi connectivity index (χ3v) is 2.12. The fraction of sp³-hybridized carbons (Fsp3) is 0.556. The van der Waals surface area contributed by atoms with Gasteiger partial charge in [0.25, 0.3) is 0 Å². The Balaban J connectivity index is 2.53. The maximum Gasteiger partial charge on any atom is 0.234 e. The average molecular weight is 196 g/mol. The summed E-state index contributed by atoms with van der Waals surface area (Å²) in [7, 11) is 0. The normalized spacial score (nSPS) is 12.8. The zero-order chi connectivity index (χ0) is 10.7. The smallest absolute Gasteiger partial charge is 0.234 e. The molecule has 0 spiro atoms. The summed E-state index contributed by atoms with van der Waals surface area (Å²) in [4.78, 5) is 10.7. The number of nitrogens with zero attached hydrogens (tertiary/aromatic N) is 2. The van der Waals surface area contributed by atoms with Crippen LogP contribution in [0.2, 0.25) is 0 Å². The van der Waals surface area contributed by atoms with Crippen LogP contribution in [0.15, 0.2) is 6.07 Å². The molecule has 1 heterocycles. The van der Waals surface area contributed by atoms with Gasteiger partial charge < -0.3 is 11.5 Å². The lowest BCUT2D eigenvalue weighted by Gasteiger charge is -2.08. The van der Waals surface area contributed by atoms with Crippen LogP contribution in [0.1, 0.15) is 17.8 Å². The number of aryl methyl sites for hydroxylation is 3. The van der Waals surface area contributed by atoms with Crippen molar-refractivity contribution >= 4 is 5.91 Å². The third kappa shape index (κ3) is 2.56. The molecule has 0 fully saturated rings. The van der Waals surface area contributed by atoms with Crippen LogP contribution in [0.3, 0.4) is 0 Å². The van der Waals surface area contributed by atoms with E-state index in [2.05, 4.69) is 5.10 Å². The van der Waals surface area contributed by atoms with Crippen LogP contribution in [-0.4, -0.2) is 21.7 Å². The largest absolute Gasteiger partial charge is 0.368 e. The van der Waals surface area contributed by atoms with Crippen molar-refractivity contribution in [2.45, 2.75) is 32.9 Å². The van der Waals surface area contributed by atoms with Crippen LogP contribution in [-0.2, 0) is 11.3 Å². The molecule has 0 aliphatic rings. The summed E-state index contributed by atoms with van der Waals surface area (Å²) in [6.45, 7) is 4.52. The fourth-order valence-corrected chi connectivity index (χ4v) is 1.30. The molecule has 0 aliphatic heterocycles. The van der Waals surface area contributed by atoms with Crippen LogP contribution < -0.4 is 11.5 Å². The first-order valence-electron chi connectivity index (χ1n) is 4.56. The van der Waals surface area contributed by atoms with Gasteiger partial charge in [-0.05, 0) is 26.3 Å². The van der Waals surface area contributed by atoms with Gasteiger partial charge in [-0.25, -0.2) is 0 Å². The minimum absolute atomic E-state index is 0.466. The van der Waals surface area contributed by atoms with Gasteiger partial charge in [0.1, 0.15) is 0 Å². The number of primary amides is 1. The number of aromatic nitrogens is 2. The standard InChI is InChI=1S/C9H16N4O/c1-6-5-7(2)13(12-6)4-3-8(10)9(11)14/h5,8H,3-4,10H2,1-2H3,(H2,11,14). The summed E-state index contributed by atoms with van der Waals surface area (Å²) in [5.41, 5.74) is 12.6. The first kappa shape index (κ1) is 10.7. The van der Waals surface area contributed by atoms with E-state index in [-0.39, 0.29) is 0 Å². The predicted octanol–water partition coefficient (Wildman–Crippen LogP) is -0.297. The van der Waals surface area contributed by atoms with Crippen LogP contribution in [0.25, 0.3) is 0 Å². The van der Waals surface area contributed by atoms with Crippen LogP contribution >= 0.6 is 0 Å². The summed E-state index contributed by atoms with van der Waals surface area (Å²) >= 11 is 0. The van der Waals surface area contributed by atoms with E-state index in [1.807, 2.05) is 24.6 Å². The topological polar surface area (TPSA) is 86.9 Å². The summed E-state index contributed by atoms with van der Waals surface area (Å²) in [6, 6.07) is 1.40. The zero-order valence-electron chi connectivity index (χ0n) is 8.53. The molecule has 1 amide bonds. The maximum absolute atomic E-state index is 10.7. The summed E-state index contributed by atoms with van der Waals surface area (Å²) in [5, 5.41) is 4.25. The fourth-order valence-electron chi connectivity index (χ4n) is 1.30. The van der Waals surface area contributed by atoms with Crippen molar-refractivity contribution in [1.82, 2.24) is 9.78 Å². The highest BCUT2D eigenvalue weighted by Gasteiger charge is 2.09. The molecule has 5 heteroatoms. The highest BCUT2D eigenvalue weighted by molar-refractivity contribution is 5.79. The van der Waals surface area contributed by atoms with E-state index in [1.165, 1.54) is 0 Å². The highest BCUT2D eigenvalue weighted by Crippen LogP contribution is 2.03. The summed E-state index contributed by atoms with van der Waals surface area (Å²) in [6.07, 6.45) is 0.525. The lowest BCUT2D eigenvalue weighted by Crippen LogP contribution is -2.37. The molecule has 0 aliphatic carbocycles. The predicted molar refractivity (Wildman–Crippen MR) is 53.5 cm³/mol. The minimum atomic E-state index is -0.584. The highest BCUT2D eigenvalue weighted by atomic mass is 16.1. The van der Waals surface area contributed by atoms with Crippen molar-refractivity contribution in [1.29, 1.82) is 0 Å². The van der Waals surface area contributed by atoms with Crippen molar-refractivity contribution in [2.75, 3.05) is 0 Å². The van der Waals surface area contributed by atoms with Gasteiger partial charge in [-0.15, -0.1) is 0 Å². The number of carbonyl (C=O) groups excluding carboxylic acids is 1. The van der Waals surface area contributed by atoms with Gasteiger partial charge in [0, 0.05) is 12.2 Å². The maximum atomic E-state index is 10.7. The Morgan fingerprint density at radius 1 is 1.64 bits per heavy atom. The van der Waals surface area contributed by atoms with Crippen molar-refractivity contribution < 1.29 is 4.79 Å². The van der Waals surface area contributed by atoms with E-state index in [1.54, 1.807) is 0 Å². The van der Waals surface area contributed by atoms with E-state index in [0.29, 0.717) is 13.0 Å². The number of carbonyl (C=O) groups is 1. The van der Waals surface area contributed by atoms with Crippen molar-refractivity contribution in [3.05, 3.63) is 17.5 Å². The first-order chi connectivity index (χ1) is 6.50. The lowest BCUT2D eigenvalue weighted by atomic mass is 10.2. The quantitative estimate of drug-likeness (QED) is 0.693. The molecule has 1 rings (SSSR count). The number of hydrogen-bond acceptors (Lipinski definition) is 3. The van der Waals surface area contributed by atoms with Crippen LogP contribution in [0.5, 0.6) is 0 Å². The monoisotopic (exact) mass is 196 g/mol. The SMILES string of the molecule is Cc1cc(C)n(CCC(N)C(N)=O)n1. The second kappa shape index (κ2) is 4.23. The molecule has 0 bridgehead atoms. The Labute approximate surface area is 83.1 Å². The molecule has 0 saturated heterocycles. The van der Waals surface area contributed by atoms with E-state index in [4.69, 9.17) is 11.5 Å². The van der Waals surface area contributed by atoms with E-state index >= 15 is 0 Å². The lowest BCUT2D eigenvalue weighted by molar-refractivity contribution is -0.119. The molecule has 14 heavy (non-hydrogen) atoms. The summed E-state index contributed by atoms with van der Waals surface area (Å²) < 4.78 is 1.83. The van der Waals surface area contributed by atoms with Gasteiger partial charge in [0.05, 0.1) is 11.7 Å².